The lowest BCUT2D eigenvalue weighted by molar-refractivity contribution is -0.304. The molecule has 0 aromatic heterocycles. The number of fused-ring (bicyclic) bond motifs is 1. The molecule has 3 nitrogen and oxygen atoms in total. The van der Waals surface area contributed by atoms with Crippen molar-refractivity contribution in [2.45, 2.75) is 24.7 Å². The van der Waals surface area contributed by atoms with E-state index in [0.717, 1.165) is 11.1 Å². The van der Waals surface area contributed by atoms with Gasteiger partial charge in [0.25, 0.3) is 0 Å². The first-order valence-electron chi connectivity index (χ1n) is 4.98. The number of aliphatic hydroxyl groups is 1. The standard InChI is InChI=1S/C12H16O3/c1-11(14-2,15-3)12(13)8-9-6-4-5-7-10(9)12/h4-7,13H,8H2,1-3H3. The summed E-state index contributed by atoms with van der Waals surface area (Å²) < 4.78 is 10.6. The maximum Gasteiger partial charge on any atom is 0.198 e. The van der Waals surface area contributed by atoms with E-state index in [1.807, 2.05) is 24.3 Å². The van der Waals surface area contributed by atoms with Gasteiger partial charge in [-0.15, -0.1) is 0 Å². The van der Waals surface area contributed by atoms with E-state index in [1.165, 1.54) is 0 Å². The molecule has 1 aromatic rings. The second kappa shape index (κ2) is 3.30. The van der Waals surface area contributed by atoms with Crippen LogP contribution in [0.25, 0.3) is 0 Å². The van der Waals surface area contributed by atoms with Gasteiger partial charge < -0.3 is 14.6 Å². The smallest absolute Gasteiger partial charge is 0.198 e. The van der Waals surface area contributed by atoms with Crippen molar-refractivity contribution in [3.63, 3.8) is 0 Å². The van der Waals surface area contributed by atoms with E-state index < -0.39 is 11.4 Å². The molecule has 1 aromatic carbocycles. The van der Waals surface area contributed by atoms with Crippen molar-refractivity contribution >= 4 is 0 Å². The van der Waals surface area contributed by atoms with Crippen LogP contribution in [0.4, 0.5) is 0 Å². The average Bonchev–Trinajstić information content (AvgIpc) is 2.26. The lowest BCUT2D eigenvalue weighted by atomic mass is 9.69. The second-order valence-corrected chi connectivity index (χ2v) is 4.05. The summed E-state index contributed by atoms with van der Waals surface area (Å²) in [6.07, 6.45) is 0.571. The molecule has 0 bridgehead atoms. The fraction of sp³-hybridized carbons (Fsp3) is 0.500. The Bertz CT molecular complexity index is 371. The largest absolute Gasteiger partial charge is 0.379 e. The minimum Gasteiger partial charge on any atom is -0.379 e. The number of benzene rings is 1. The van der Waals surface area contributed by atoms with Crippen molar-refractivity contribution in [1.82, 2.24) is 0 Å². The van der Waals surface area contributed by atoms with Gasteiger partial charge in [-0.3, -0.25) is 0 Å². The van der Waals surface area contributed by atoms with Crippen molar-refractivity contribution in [3.8, 4) is 0 Å². The van der Waals surface area contributed by atoms with Crippen molar-refractivity contribution in [2.24, 2.45) is 0 Å². The normalized spacial score (nSPS) is 24.5. The molecule has 0 heterocycles. The molecule has 1 N–H and O–H groups in total. The Hall–Kier alpha value is -0.900. The van der Waals surface area contributed by atoms with Gasteiger partial charge in [-0.25, -0.2) is 0 Å². The molecule has 0 saturated heterocycles. The summed E-state index contributed by atoms with van der Waals surface area (Å²) in [6, 6.07) is 7.80. The molecular weight excluding hydrogens is 192 g/mol. The zero-order valence-corrected chi connectivity index (χ0v) is 9.28. The summed E-state index contributed by atoms with van der Waals surface area (Å²) in [5.41, 5.74) is 1.02. The summed E-state index contributed by atoms with van der Waals surface area (Å²) in [4.78, 5) is 0. The quantitative estimate of drug-likeness (QED) is 0.764. The van der Waals surface area contributed by atoms with Crippen LogP contribution < -0.4 is 0 Å². The molecule has 2 rings (SSSR count). The maximum atomic E-state index is 10.5. The Labute approximate surface area is 89.6 Å². The van der Waals surface area contributed by atoms with Crippen LogP contribution in [0.1, 0.15) is 18.1 Å². The van der Waals surface area contributed by atoms with Gasteiger partial charge in [0.05, 0.1) is 0 Å². The Balaban J connectivity index is 2.41. The van der Waals surface area contributed by atoms with E-state index in [0.29, 0.717) is 6.42 Å². The van der Waals surface area contributed by atoms with Crippen LogP contribution in [0.15, 0.2) is 24.3 Å². The van der Waals surface area contributed by atoms with Gasteiger partial charge >= 0.3 is 0 Å². The zero-order chi connectivity index (χ0) is 11.1. The predicted molar refractivity (Wildman–Crippen MR) is 56.5 cm³/mol. The highest BCUT2D eigenvalue weighted by Crippen LogP contribution is 2.47. The van der Waals surface area contributed by atoms with Gasteiger partial charge in [0.2, 0.25) is 0 Å². The second-order valence-electron chi connectivity index (χ2n) is 4.05. The number of hydrogen-bond donors (Lipinski definition) is 1. The summed E-state index contributed by atoms with van der Waals surface area (Å²) in [5.74, 6) is -0.985. The van der Waals surface area contributed by atoms with Crippen LogP contribution in [0, 0.1) is 0 Å². The zero-order valence-electron chi connectivity index (χ0n) is 9.28. The fourth-order valence-electron chi connectivity index (χ4n) is 2.17. The van der Waals surface area contributed by atoms with Crippen LogP contribution in [-0.2, 0) is 21.5 Å². The van der Waals surface area contributed by atoms with E-state index in [1.54, 1.807) is 21.1 Å². The van der Waals surface area contributed by atoms with Gasteiger partial charge in [-0.05, 0) is 18.1 Å². The molecule has 1 aliphatic rings. The highest BCUT2D eigenvalue weighted by atomic mass is 16.7. The van der Waals surface area contributed by atoms with Gasteiger partial charge in [-0.2, -0.15) is 0 Å². The Morgan fingerprint density at radius 2 is 1.87 bits per heavy atom. The topological polar surface area (TPSA) is 38.7 Å². The molecule has 0 spiro atoms. The molecule has 3 heteroatoms. The van der Waals surface area contributed by atoms with Gasteiger partial charge in [0.15, 0.2) is 5.79 Å². The third kappa shape index (κ3) is 1.24. The van der Waals surface area contributed by atoms with E-state index in [4.69, 9.17) is 9.47 Å². The third-order valence-electron chi connectivity index (χ3n) is 3.44. The third-order valence-corrected chi connectivity index (χ3v) is 3.44. The summed E-state index contributed by atoms with van der Waals surface area (Å²) in [5, 5.41) is 10.5. The molecule has 0 aliphatic heterocycles. The first-order valence-corrected chi connectivity index (χ1v) is 4.98. The monoisotopic (exact) mass is 208 g/mol. The van der Waals surface area contributed by atoms with Crippen LogP contribution in [-0.4, -0.2) is 25.1 Å². The lowest BCUT2D eigenvalue weighted by Gasteiger charge is -2.49. The summed E-state index contributed by atoms with van der Waals surface area (Å²) >= 11 is 0. The molecule has 1 unspecified atom stereocenters. The molecule has 0 radical (unpaired) electrons. The molecule has 0 saturated carbocycles. The maximum absolute atomic E-state index is 10.5. The van der Waals surface area contributed by atoms with E-state index >= 15 is 0 Å². The molecule has 0 amide bonds. The Morgan fingerprint density at radius 1 is 1.27 bits per heavy atom. The van der Waals surface area contributed by atoms with Crippen LogP contribution >= 0.6 is 0 Å². The highest BCUT2D eigenvalue weighted by molar-refractivity contribution is 5.44. The van der Waals surface area contributed by atoms with Crippen molar-refractivity contribution in [1.29, 1.82) is 0 Å². The minimum atomic E-state index is -1.03. The average molecular weight is 208 g/mol. The first-order chi connectivity index (χ1) is 7.07. The van der Waals surface area contributed by atoms with Crippen molar-refractivity contribution in [3.05, 3.63) is 35.4 Å². The van der Waals surface area contributed by atoms with Crippen LogP contribution in [0.2, 0.25) is 0 Å². The van der Waals surface area contributed by atoms with Gasteiger partial charge in [0.1, 0.15) is 5.60 Å². The van der Waals surface area contributed by atoms with Crippen LogP contribution in [0.5, 0.6) is 0 Å². The number of ether oxygens (including phenoxy) is 2. The molecule has 1 aliphatic carbocycles. The van der Waals surface area contributed by atoms with Gasteiger partial charge in [-0.1, -0.05) is 24.3 Å². The van der Waals surface area contributed by atoms with Crippen molar-refractivity contribution in [2.75, 3.05) is 14.2 Å². The summed E-state index contributed by atoms with van der Waals surface area (Å²) in [7, 11) is 3.09. The number of methoxy groups -OCH3 is 2. The Kier molecular flexibility index (Phi) is 2.34. The highest BCUT2D eigenvalue weighted by Gasteiger charge is 2.55. The molecular formula is C12H16O3. The molecule has 0 fully saturated rings. The van der Waals surface area contributed by atoms with Crippen LogP contribution in [0.3, 0.4) is 0 Å². The number of hydrogen-bond acceptors (Lipinski definition) is 3. The molecule has 1 atom stereocenters. The first kappa shape index (κ1) is 10.6. The predicted octanol–water partition coefficient (Wildman–Crippen LogP) is 1.44. The van der Waals surface area contributed by atoms with E-state index in [2.05, 4.69) is 0 Å². The van der Waals surface area contributed by atoms with Gasteiger partial charge in [0, 0.05) is 20.6 Å². The lowest BCUT2D eigenvalue weighted by Crippen LogP contribution is -2.58. The molecule has 82 valence electrons. The SMILES string of the molecule is COC(C)(OC)C1(O)Cc2ccccc21. The number of rotatable bonds is 3. The van der Waals surface area contributed by atoms with E-state index in [-0.39, 0.29) is 0 Å². The Morgan fingerprint density at radius 3 is 2.40 bits per heavy atom. The fourth-order valence-corrected chi connectivity index (χ4v) is 2.17. The van der Waals surface area contributed by atoms with E-state index in [9.17, 15) is 5.11 Å². The minimum absolute atomic E-state index is 0.571. The summed E-state index contributed by atoms with van der Waals surface area (Å²) in [6.45, 7) is 1.75. The van der Waals surface area contributed by atoms with Crippen molar-refractivity contribution < 1.29 is 14.6 Å². The molecule has 15 heavy (non-hydrogen) atoms.